The number of fused-ring (bicyclic) bond motifs is 1. The molecule has 0 radical (unpaired) electrons. The highest BCUT2D eigenvalue weighted by molar-refractivity contribution is 6.32. The minimum absolute atomic E-state index is 0.00309. The molecule has 0 saturated carbocycles. The second-order valence-electron chi connectivity index (χ2n) is 7.67. The minimum atomic E-state index is -0.00309. The molecule has 1 aromatic heterocycles. The third kappa shape index (κ3) is 4.19. The number of carbonyl (C=O) groups excluding carboxylic acids is 2. The number of benzene rings is 1. The number of amides is 1. The Morgan fingerprint density at radius 1 is 1.17 bits per heavy atom. The predicted molar refractivity (Wildman–Crippen MR) is 112 cm³/mol. The van der Waals surface area contributed by atoms with Crippen molar-refractivity contribution in [3.63, 3.8) is 0 Å². The van der Waals surface area contributed by atoms with Crippen LogP contribution in [0.15, 0.2) is 24.3 Å². The molecule has 1 N–H and O–H groups in total. The van der Waals surface area contributed by atoms with E-state index in [1.807, 2.05) is 36.1 Å². The molecular formula is C22H26ClN3O3. The van der Waals surface area contributed by atoms with Gasteiger partial charge in [0, 0.05) is 50.4 Å². The van der Waals surface area contributed by atoms with Gasteiger partial charge in [0.15, 0.2) is 5.78 Å². The Labute approximate surface area is 175 Å². The Balaban J connectivity index is 1.30. The smallest absolute Gasteiger partial charge is 0.270 e. The van der Waals surface area contributed by atoms with Crippen LogP contribution in [-0.2, 0) is 6.42 Å². The zero-order valence-electron chi connectivity index (χ0n) is 16.7. The summed E-state index contributed by atoms with van der Waals surface area (Å²) in [5, 5.41) is 0.616. The number of ether oxygens (including phenoxy) is 1. The molecule has 6 nitrogen and oxygen atoms in total. The third-order valence-corrected chi connectivity index (χ3v) is 6.12. The molecular weight excluding hydrogens is 390 g/mol. The van der Waals surface area contributed by atoms with Gasteiger partial charge in [-0.05, 0) is 37.5 Å². The van der Waals surface area contributed by atoms with Crippen molar-refractivity contribution >= 4 is 23.3 Å². The number of nitrogens with one attached hydrogen (secondary N) is 1. The fourth-order valence-electron chi connectivity index (χ4n) is 4.17. The molecule has 1 amide bonds. The van der Waals surface area contributed by atoms with Gasteiger partial charge in [0.25, 0.3) is 5.91 Å². The normalized spacial score (nSPS) is 17.3. The Morgan fingerprint density at radius 3 is 2.66 bits per heavy atom. The van der Waals surface area contributed by atoms with Gasteiger partial charge >= 0.3 is 0 Å². The average molecular weight is 416 g/mol. The number of halogens is 1. The number of aryl methyl sites for hydroxylation is 1. The van der Waals surface area contributed by atoms with Crippen molar-refractivity contribution in [1.82, 2.24) is 14.8 Å². The number of nitrogens with zero attached hydrogens (tertiary/aromatic N) is 2. The van der Waals surface area contributed by atoms with Crippen LogP contribution in [0, 0.1) is 6.92 Å². The molecule has 0 atom stereocenters. The first kappa shape index (κ1) is 20.0. The number of H-pyrrole nitrogens is 1. The minimum Gasteiger partial charge on any atom is -0.491 e. The van der Waals surface area contributed by atoms with E-state index in [1.165, 1.54) is 0 Å². The molecule has 0 bridgehead atoms. The van der Waals surface area contributed by atoms with E-state index in [-0.39, 0.29) is 11.7 Å². The number of piperazine rings is 1. The number of hydrogen-bond acceptors (Lipinski definition) is 4. The molecule has 4 rings (SSSR count). The van der Waals surface area contributed by atoms with E-state index in [2.05, 4.69) is 9.88 Å². The van der Waals surface area contributed by atoms with Gasteiger partial charge in [-0.1, -0.05) is 23.7 Å². The summed E-state index contributed by atoms with van der Waals surface area (Å²) in [7, 11) is 0. The first-order chi connectivity index (χ1) is 14.0. The summed E-state index contributed by atoms with van der Waals surface area (Å²) in [5.74, 6) is 0.850. The fourth-order valence-corrected chi connectivity index (χ4v) is 4.36. The van der Waals surface area contributed by atoms with Crippen LogP contribution in [-0.4, -0.2) is 65.8 Å². The van der Waals surface area contributed by atoms with Crippen LogP contribution >= 0.6 is 11.6 Å². The van der Waals surface area contributed by atoms with Crippen molar-refractivity contribution in [3.8, 4) is 5.75 Å². The molecule has 1 fully saturated rings. The first-order valence-electron chi connectivity index (χ1n) is 10.2. The molecule has 1 aliphatic heterocycles. The maximum atomic E-state index is 13.0. The van der Waals surface area contributed by atoms with Gasteiger partial charge in [0.05, 0.1) is 5.02 Å². The zero-order chi connectivity index (χ0) is 20.4. The van der Waals surface area contributed by atoms with Crippen LogP contribution < -0.4 is 4.74 Å². The number of aromatic amines is 1. The van der Waals surface area contributed by atoms with E-state index < -0.39 is 0 Å². The first-order valence-corrected chi connectivity index (χ1v) is 10.6. The van der Waals surface area contributed by atoms with Gasteiger partial charge in [-0.15, -0.1) is 0 Å². The van der Waals surface area contributed by atoms with Crippen LogP contribution in [0.1, 0.15) is 44.9 Å². The highest BCUT2D eigenvalue weighted by Gasteiger charge is 2.29. The zero-order valence-corrected chi connectivity index (χ0v) is 17.4. The van der Waals surface area contributed by atoms with Crippen molar-refractivity contribution in [1.29, 1.82) is 0 Å². The molecule has 2 heterocycles. The summed E-state index contributed by atoms with van der Waals surface area (Å²) in [6.07, 6.45) is 2.27. The monoisotopic (exact) mass is 415 g/mol. The molecule has 1 aromatic carbocycles. The highest BCUT2D eigenvalue weighted by Crippen LogP contribution is 2.27. The number of ketones is 1. The predicted octanol–water partition coefficient (Wildman–Crippen LogP) is 3.33. The van der Waals surface area contributed by atoms with E-state index in [0.717, 1.165) is 49.3 Å². The van der Waals surface area contributed by atoms with Crippen molar-refractivity contribution in [2.24, 2.45) is 0 Å². The van der Waals surface area contributed by atoms with Gasteiger partial charge in [-0.3, -0.25) is 14.5 Å². The summed E-state index contributed by atoms with van der Waals surface area (Å²) in [6.45, 7) is 6.17. The summed E-state index contributed by atoms with van der Waals surface area (Å²) in [6, 6.07) is 7.46. The van der Waals surface area contributed by atoms with E-state index >= 15 is 0 Å². The molecule has 7 heteroatoms. The molecule has 2 aromatic rings. The number of carbonyl (C=O) groups is 2. The Morgan fingerprint density at radius 2 is 1.93 bits per heavy atom. The van der Waals surface area contributed by atoms with Gasteiger partial charge < -0.3 is 14.6 Å². The highest BCUT2D eigenvalue weighted by atomic mass is 35.5. The molecule has 2 aliphatic rings. The fraction of sp³-hybridized carbons (Fsp3) is 0.455. The second kappa shape index (κ2) is 8.59. The third-order valence-electron chi connectivity index (χ3n) is 5.81. The average Bonchev–Trinajstić information content (AvgIpc) is 3.07. The van der Waals surface area contributed by atoms with Crippen molar-refractivity contribution < 1.29 is 14.3 Å². The van der Waals surface area contributed by atoms with E-state index in [4.69, 9.17) is 16.3 Å². The summed E-state index contributed by atoms with van der Waals surface area (Å²) < 4.78 is 5.76. The van der Waals surface area contributed by atoms with E-state index in [1.54, 1.807) is 0 Å². The number of rotatable bonds is 5. The second-order valence-corrected chi connectivity index (χ2v) is 8.08. The number of para-hydroxylation sites is 1. The SMILES string of the molecule is Cc1c(C(=O)N2CCN(CCOc3ccccc3Cl)CC2)[nH]c2c1C(=O)CCC2. The lowest BCUT2D eigenvalue weighted by molar-refractivity contribution is 0.0614. The summed E-state index contributed by atoms with van der Waals surface area (Å²) >= 11 is 6.11. The lowest BCUT2D eigenvalue weighted by Crippen LogP contribution is -2.49. The molecule has 1 aliphatic carbocycles. The summed E-state index contributed by atoms with van der Waals surface area (Å²) in [4.78, 5) is 32.6. The lowest BCUT2D eigenvalue weighted by atomic mass is 9.93. The van der Waals surface area contributed by atoms with Gasteiger partial charge in [0.2, 0.25) is 0 Å². The maximum Gasteiger partial charge on any atom is 0.270 e. The Bertz CT molecular complexity index is 916. The van der Waals surface area contributed by atoms with Crippen LogP contribution in [0.5, 0.6) is 5.75 Å². The Kier molecular flexibility index (Phi) is 5.92. The molecule has 0 unspecified atom stereocenters. The van der Waals surface area contributed by atoms with Crippen molar-refractivity contribution in [2.75, 3.05) is 39.3 Å². The maximum absolute atomic E-state index is 13.0. The van der Waals surface area contributed by atoms with Gasteiger partial charge in [-0.2, -0.15) is 0 Å². The topological polar surface area (TPSA) is 65.6 Å². The number of aromatic nitrogens is 1. The van der Waals surface area contributed by atoms with Crippen LogP contribution in [0.4, 0.5) is 0 Å². The molecule has 1 saturated heterocycles. The quantitative estimate of drug-likeness (QED) is 0.813. The Hall–Kier alpha value is -2.31. The van der Waals surface area contributed by atoms with Crippen LogP contribution in [0.25, 0.3) is 0 Å². The molecule has 154 valence electrons. The van der Waals surface area contributed by atoms with Crippen LogP contribution in [0.3, 0.4) is 0 Å². The molecule has 0 spiro atoms. The van der Waals surface area contributed by atoms with E-state index in [0.29, 0.717) is 42.6 Å². The van der Waals surface area contributed by atoms with Gasteiger partial charge in [0.1, 0.15) is 18.1 Å². The number of Topliss-reactive ketones (excluding diaryl/α,β-unsaturated/α-hetero) is 1. The largest absolute Gasteiger partial charge is 0.491 e. The van der Waals surface area contributed by atoms with E-state index in [9.17, 15) is 9.59 Å². The summed E-state index contributed by atoms with van der Waals surface area (Å²) in [5.41, 5.74) is 3.07. The lowest BCUT2D eigenvalue weighted by Gasteiger charge is -2.34. The standard InChI is InChI=1S/C22H26ClN3O3/c1-15-20-17(6-4-7-18(20)27)24-21(15)22(28)26-11-9-25(10-12-26)13-14-29-19-8-3-2-5-16(19)23/h2-3,5,8,24H,4,6-7,9-14H2,1H3. The van der Waals surface area contributed by atoms with Crippen molar-refractivity contribution in [2.45, 2.75) is 26.2 Å². The molecule has 29 heavy (non-hydrogen) atoms. The van der Waals surface area contributed by atoms with Gasteiger partial charge in [-0.25, -0.2) is 0 Å². The number of hydrogen-bond donors (Lipinski definition) is 1. The van der Waals surface area contributed by atoms with Crippen LogP contribution in [0.2, 0.25) is 5.02 Å². The van der Waals surface area contributed by atoms with Crippen molar-refractivity contribution in [3.05, 3.63) is 51.8 Å².